The Labute approximate surface area is 199 Å². The van der Waals surface area contributed by atoms with Crippen LogP contribution < -0.4 is 9.47 Å². The van der Waals surface area contributed by atoms with Gasteiger partial charge in [-0.15, -0.1) is 0 Å². The molecule has 0 spiro atoms. The highest BCUT2D eigenvalue weighted by atomic mass is 16.5. The lowest BCUT2D eigenvalue weighted by molar-refractivity contribution is -0.140. The smallest absolute Gasteiger partial charge is 0.295 e. The molecule has 34 heavy (non-hydrogen) atoms. The topological polar surface area (TPSA) is 76.1 Å². The number of amides is 1. The number of aliphatic hydroxyl groups excluding tert-OH is 1. The van der Waals surface area contributed by atoms with E-state index in [0.29, 0.717) is 17.1 Å². The molecular formula is C28H27NO5. The summed E-state index contributed by atoms with van der Waals surface area (Å²) in [5.41, 5.74) is 2.11. The minimum atomic E-state index is -0.713. The van der Waals surface area contributed by atoms with Crippen molar-refractivity contribution in [1.82, 2.24) is 4.90 Å². The van der Waals surface area contributed by atoms with E-state index in [4.69, 9.17) is 9.47 Å². The Morgan fingerprint density at radius 2 is 1.53 bits per heavy atom. The van der Waals surface area contributed by atoms with E-state index in [-0.39, 0.29) is 24.0 Å². The normalized spacial score (nSPS) is 17.3. The van der Waals surface area contributed by atoms with Crippen LogP contribution in [0.4, 0.5) is 0 Å². The quantitative estimate of drug-likeness (QED) is 0.303. The Bertz CT molecular complexity index is 1200. The van der Waals surface area contributed by atoms with Crippen LogP contribution in [0, 0.1) is 0 Å². The fraction of sp³-hybridized carbons (Fsp3) is 0.214. The summed E-state index contributed by atoms with van der Waals surface area (Å²) in [5, 5.41) is 11.2. The highest BCUT2D eigenvalue weighted by molar-refractivity contribution is 6.46. The monoisotopic (exact) mass is 457 g/mol. The van der Waals surface area contributed by atoms with Gasteiger partial charge in [-0.25, -0.2) is 0 Å². The summed E-state index contributed by atoms with van der Waals surface area (Å²) in [4.78, 5) is 27.8. The second-order valence-electron chi connectivity index (χ2n) is 8.38. The fourth-order valence-corrected chi connectivity index (χ4v) is 4.07. The molecule has 0 bridgehead atoms. The number of aliphatic hydroxyl groups is 1. The zero-order valence-electron chi connectivity index (χ0n) is 19.4. The van der Waals surface area contributed by atoms with Crippen LogP contribution in [0.5, 0.6) is 11.5 Å². The summed E-state index contributed by atoms with van der Waals surface area (Å²) in [5.74, 6) is -0.199. The van der Waals surface area contributed by atoms with Gasteiger partial charge in [0.05, 0.1) is 24.8 Å². The van der Waals surface area contributed by atoms with Crippen LogP contribution in [0.1, 0.15) is 36.6 Å². The standard InChI is InChI=1S/C28H27NO5/c1-18(2)34-23-15-11-21(12-16-23)26(30)24-25(20-7-5-4-6-8-20)29(28(32)27(24)31)17-19-9-13-22(33-3)14-10-19/h4-16,18,25,30H,17H2,1-3H3/b26-24-. The van der Waals surface area contributed by atoms with Crippen molar-refractivity contribution >= 4 is 17.4 Å². The first-order valence-corrected chi connectivity index (χ1v) is 11.1. The van der Waals surface area contributed by atoms with Crippen molar-refractivity contribution in [2.75, 3.05) is 7.11 Å². The molecule has 1 unspecified atom stereocenters. The van der Waals surface area contributed by atoms with E-state index in [1.165, 1.54) is 4.90 Å². The van der Waals surface area contributed by atoms with Gasteiger partial charge >= 0.3 is 0 Å². The zero-order chi connectivity index (χ0) is 24.2. The van der Waals surface area contributed by atoms with Gasteiger partial charge in [-0.2, -0.15) is 0 Å². The van der Waals surface area contributed by atoms with Gasteiger partial charge in [0.2, 0.25) is 0 Å². The van der Waals surface area contributed by atoms with Gasteiger partial charge in [-0.3, -0.25) is 9.59 Å². The van der Waals surface area contributed by atoms with E-state index in [2.05, 4.69) is 0 Å². The number of carbonyl (C=O) groups is 2. The summed E-state index contributed by atoms with van der Waals surface area (Å²) in [7, 11) is 1.59. The number of Topliss-reactive ketones (excluding diaryl/α,β-unsaturated/α-hetero) is 1. The molecule has 1 aliphatic rings. The number of nitrogens with zero attached hydrogens (tertiary/aromatic N) is 1. The molecule has 1 N–H and O–H groups in total. The van der Waals surface area contributed by atoms with Crippen molar-refractivity contribution in [3.05, 3.63) is 101 Å². The van der Waals surface area contributed by atoms with Crippen molar-refractivity contribution in [1.29, 1.82) is 0 Å². The van der Waals surface area contributed by atoms with E-state index in [1.807, 2.05) is 68.4 Å². The third kappa shape index (κ3) is 4.66. The Balaban J connectivity index is 1.75. The molecule has 0 radical (unpaired) electrons. The third-order valence-corrected chi connectivity index (χ3v) is 5.67. The minimum absolute atomic E-state index is 0.0146. The van der Waals surface area contributed by atoms with Crippen LogP contribution >= 0.6 is 0 Å². The molecule has 6 heteroatoms. The Kier molecular flexibility index (Phi) is 6.68. The first-order chi connectivity index (χ1) is 16.4. The molecular weight excluding hydrogens is 430 g/mol. The minimum Gasteiger partial charge on any atom is -0.507 e. The van der Waals surface area contributed by atoms with Gasteiger partial charge in [-0.05, 0) is 61.4 Å². The second kappa shape index (κ2) is 9.83. The average molecular weight is 458 g/mol. The average Bonchev–Trinajstić information content (AvgIpc) is 3.09. The highest BCUT2D eigenvalue weighted by Crippen LogP contribution is 2.40. The molecule has 1 fully saturated rings. The lowest BCUT2D eigenvalue weighted by Gasteiger charge is -2.25. The van der Waals surface area contributed by atoms with Crippen LogP contribution in [0.2, 0.25) is 0 Å². The maximum absolute atomic E-state index is 13.2. The molecule has 1 heterocycles. The van der Waals surface area contributed by atoms with E-state index in [9.17, 15) is 14.7 Å². The number of methoxy groups -OCH3 is 1. The summed E-state index contributed by atoms with van der Waals surface area (Å²) in [6.45, 7) is 4.07. The van der Waals surface area contributed by atoms with Crippen LogP contribution in [0.3, 0.4) is 0 Å². The second-order valence-corrected chi connectivity index (χ2v) is 8.38. The molecule has 0 aliphatic carbocycles. The van der Waals surface area contributed by atoms with Crippen molar-refractivity contribution < 1.29 is 24.2 Å². The predicted octanol–water partition coefficient (Wildman–Crippen LogP) is 5.10. The molecule has 1 amide bonds. The molecule has 1 atom stereocenters. The molecule has 0 aromatic heterocycles. The third-order valence-electron chi connectivity index (χ3n) is 5.67. The predicted molar refractivity (Wildman–Crippen MR) is 129 cm³/mol. The van der Waals surface area contributed by atoms with Gasteiger partial charge in [0.1, 0.15) is 17.3 Å². The SMILES string of the molecule is COc1ccc(CN2C(=O)C(=O)/C(=C(\O)c3ccc(OC(C)C)cc3)C2c2ccccc2)cc1. The summed E-state index contributed by atoms with van der Waals surface area (Å²) in [6.07, 6.45) is 0.0146. The van der Waals surface area contributed by atoms with Crippen molar-refractivity contribution in [2.24, 2.45) is 0 Å². The number of benzene rings is 3. The Morgan fingerprint density at radius 1 is 0.912 bits per heavy atom. The maximum Gasteiger partial charge on any atom is 0.295 e. The molecule has 0 saturated carbocycles. The lowest BCUT2D eigenvalue weighted by atomic mass is 9.95. The highest BCUT2D eigenvalue weighted by Gasteiger charge is 2.46. The molecule has 1 aliphatic heterocycles. The fourth-order valence-electron chi connectivity index (χ4n) is 4.07. The van der Waals surface area contributed by atoms with E-state index in [1.54, 1.807) is 31.4 Å². The van der Waals surface area contributed by atoms with Crippen LogP contribution in [0.15, 0.2) is 84.4 Å². The van der Waals surface area contributed by atoms with Crippen LogP contribution in [0.25, 0.3) is 5.76 Å². The first-order valence-electron chi connectivity index (χ1n) is 11.1. The number of hydrogen-bond acceptors (Lipinski definition) is 5. The number of likely N-dealkylation sites (tertiary alicyclic amines) is 1. The molecule has 3 aromatic rings. The summed E-state index contributed by atoms with van der Waals surface area (Å²) < 4.78 is 10.9. The van der Waals surface area contributed by atoms with Crippen molar-refractivity contribution in [2.45, 2.75) is 32.5 Å². The van der Waals surface area contributed by atoms with Crippen LogP contribution in [-0.2, 0) is 16.1 Å². The first kappa shape index (κ1) is 23.1. The van der Waals surface area contributed by atoms with Gasteiger partial charge in [0.25, 0.3) is 11.7 Å². The molecule has 1 saturated heterocycles. The van der Waals surface area contributed by atoms with Crippen LogP contribution in [-0.4, -0.2) is 34.9 Å². The largest absolute Gasteiger partial charge is 0.507 e. The molecule has 4 rings (SSSR count). The van der Waals surface area contributed by atoms with Crippen molar-refractivity contribution in [3.8, 4) is 11.5 Å². The molecule has 3 aromatic carbocycles. The summed E-state index contributed by atoms with van der Waals surface area (Å²) in [6, 6.07) is 22.7. The molecule has 174 valence electrons. The van der Waals surface area contributed by atoms with E-state index in [0.717, 1.165) is 11.1 Å². The van der Waals surface area contributed by atoms with Gasteiger partial charge in [0.15, 0.2) is 0 Å². The lowest BCUT2D eigenvalue weighted by Crippen LogP contribution is -2.29. The van der Waals surface area contributed by atoms with Gasteiger partial charge < -0.3 is 19.5 Å². The Hall–Kier alpha value is -4.06. The number of hydrogen-bond donors (Lipinski definition) is 1. The number of carbonyl (C=O) groups excluding carboxylic acids is 2. The van der Waals surface area contributed by atoms with Gasteiger partial charge in [-0.1, -0.05) is 42.5 Å². The zero-order valence-corrected chi connectivity index (χ0v) is 19.4. The van der Waals surface area contributed by atoms with Gasteiger partial charge in [0, 0.05) is 12.1 Å². The van der Waals surface area contributed by atoms with E-state index < -0.39 is 17.7 Å². The Morgan fingerprint density at radius 3 is 2.12 bits per heavy atom. The van der Waals surface area contributed by atoms with Crippen molar-refractivity contribution in [3.63, 3.8) is 0 Å². The molecule has 6 nitrogen and oxygen atoms in total. The van der Waals surface area contributed by atoms with E-state index >= 15 is 0 Å². The number of rotatable bonds is 7. The number of ether oxygens (including phenoxy) is 2. The summed E-state index contributed by atoms with van der Waals surface area (Å²) >= 11 is 0. The maximum atomic E-state index is 13.2. The number of ketones is 1.